The first-order chi connectivity index (χ1) is 8.08. The fourth-order valence-corrected chi connectivity index (χ4v) is 2.89. The number of likely N-dealkylation sites (tertiary alicyclic amines) is 1. The van der Waals surface area contributed by atoms with E-state index in [2.05, 4.69) is 22.9 Å². The van der Waals surface area contributed by atoms with E-state index in [1.54, 1.807) is 0 Å². The molecule has 2 heterocycles. The molecule has 1 aliphatic rings. The van der Waals surface area contributed by atoms with Crippen LogP contribution in [0.5, 0.6) is 0 Å². The lowest BCUT2D eigenvalue weighted by atomic mass is 10.0. The number of aryl methyl sites for hydroxylation is 1. The van der Waals surface area contributed by atoms with Crippen LogP contribution in [0.2, 0.25) is 0 Å². The highest BCUT2D eigenvalue weighted by atomic mass is 79.9. The van der Waals surface area contributed by atoms with Crippen LogP contribution >= 0.6 is 15.9 Å². The van der Waals surface area contributed by atoms with E-state index in [4.69, 9.17) is 0 Å². The van der Waals surface area contributed by atoms with Crippen molar-refractivity contribution in [2.75, 3.05) is 13.1 Å². The van der Waals surface area contributed by atoms with Crippen molar-refractivity contribution in [3.8, 4) is 0 Å². The summed E-state index contributed by atoms with van der Waals surface area (Å²) in [5.41, 5.74) is 0.770. The van der Waals surface area contributed by atoms with Gasteiger partial charge < -0.3 is 9.47 Å². The first-order valence-corrected chi connectivity index (χ1v) is 6.98. The average molecular weight is 299 g/mol. The van der Waals surface area contributed by atoms with Crippen molar-refractivity contribution < 1.29 is 4.79 Å². The number of hydrogen-bond donors (Lipinski definition) is 0. The molecule has 3 nitrogen and oxygen atoms in total. The van der Waals surface area contributed by atoms with E-state index in [1.807, 2.05) is 28.8 Å². The van der Waals surface area contributed by atoms with E-state index >= 15 is 0 Å². The van der Waals surface area contributed by atoms with Crippen LogP contribution in [0.4, 0.5) is 0 Å². The Labute approximate surface area is 111 Å². The Hall–Kier alpha value is -0.770. The van der Waals surface area contributed by atoms with E-state index in [1.165, 1.54) is 6.42 Å². The monoisotopic (exact) mass is 298 g/mol. The Morgan fingerprint density at radius 2 is 2.18 bits per heavy atom. The Kier molecular flexibility index (Phi) is 3.92. The highest BCUT2D eigenvalue weighted by Gasteiger charge is 2.21. The molecule has 1 aromatic heterocycles. The number of nitrogens with zero attached hydrogens (tertiary/aromatic N) is 2. The third-order valence-electron chi connectivity index (χ3n) is 3.49. The van der Waals surface area contributed by atoms with Gasteiger partial charge in [-0.3, -0.25) is 4.79 Å². The topological polar surface area (TPSA) is 25.2 Å². The van der Waals surface area contributed by atoms with Crippen molar-refractivity contribution in [3.05, 3.63) is 22.4 Å². The van der Waals surface area contributed by atoms with E-state index in [9.17, 15) is 4.79 Å². The average Bonchev–Trinajstić information content (AvgIpc) is 2.49. The second kappa shape index (κ2) is 5.25. The van der Waals surface area contributed by atoms with Crippen LogP contribution < -0.4 is 0 Å². The van der Waals surface area contributed by atoms with Gasteiger partial charge in [0.05, 0.1) is 0 Å². The van der Waals surface area contributed by atoms with E-state index in [0.717, 1.165) is 42.0 Å². The van der Waals surface area contributed by atoms with Gasteiger partial charge in [-0.1, -0.05) is 6.92 Å². The van der Waals surface area contributed by atoms with Crippen LogP contribution in [0.25, 0.3) is 0 Å². The first kappa shape index (κ1) is 12.7. The normalized spacial score (nSPS) is 21.4. The van der Waals surface area contributed by atoms with Crippen LogP contribution in [0.1, 0.15) is 36.7 Å². The molecule has 0 spiro atoms. The third kappa shape index (κ3) is 2.92. The number of hydrogen-bond acceptors (Lipinski definition) is 1. The number of amides is 1. The van der Waals surface area contributed by atoms with E-state index in [-0.39, 0.29) is 5.91 Å². The van der Waals surface area contributed by atoms with Crippen LogP contribution in [-0.2, 0) is 7.05 Å². The molecule has 1 aromatic rings. The molecule has 0 aliphatic carbocycles. The molecule has 0 saturated carbocycles. The molecule has 0 aromatic carbocycles. The maximum Gasteiger partial charge on any atom is 0.270 e. The van der Waals surface area contributed by atoms with Gasteiger partial charge >= 0.3 is 0 Å². The van der Waals surface area contributed by atoms with Crippen LogP contribution in [0, 0.1) is 5.92 Å². The lowest BCUT2D eigenvalue weighted by Crippen LogP contribution is -2.33. The third-order valence-corrected chi connectivity index (χ3v) is 3.93. The quantitative estimate of drug-likeness (QED) is 0.782. The second-order valence-electron chi connectivity index (χ2n) is 4.98. The summed E-state index contributed by atoms with van der Waals surface area (Å²) in [5, 5.41) is 0. The Balaban J connectivity index is 2.11. The van der Waals surface area contributed by atoms with Crippen LogP contribution in [-0.4, -0.2) is 28.5 Å². The second-order valence-corrected chi connectivity index (χ2v) is 5.90. The molecule has 0 bridgehead atoms. The van der Waals surface area contributed by atoms with Crippen molar-refractivity contribution >= 4 is 21.8 Å². The summed E-state index contributed by atoms with van der Waals surface area (Å²) in [6, 6.07) is 1.90. The largest absolute Gasteiger partial charge is 0.345 e. The fraction of sp³-hybridized carbons (Fsp3) is 0.615. The number of carbonyl (C=O) groups excluding carboxylic acids is 1. The van der Waals surface area contributed by atoms with Gasteiger partial charge in [0, 0.05) is 30.8 Å². The predicted octanol–water partition coefficient (Wildman–Crippen LogP) is 3.05. The van der Waals surface area contributed by atoms with Crippen LogP contribution in [0.3, 0.4) is 0 Å². The van der Waals surface area contributed by atoms with Gasteiger partial charge in [0.25, 0.3) is 5.91 Å². The van der Waals surface area contributed by atoms with Gasteiger partial charge in [-0.15, -0.1) is 0 Å². The maximum atomic E-state index is 12.4. The minimum absolute atomic E-state index is 0.160. The molecule has 4 heteroatoms. The lowest BCUT2D eigenvalue weighted by molar-refractivity contribution is 0.0751. The molecule has 17 heavy (non-hydrogen) atoms. The summed E-state index contributed by atoms with van der Waals surface area (Å²) in [6.07, 6.45) is 5.41. The number of rotatable bonds is 1. The van der Waals surface area contributed by atoms with Crippen molar-refractivity contribution in [1.29, 1.82) is 0 Å². The van der Waals surface area contributed by atoms with E-state index < -0.39 is 0 Å². The molecule has 94 valence electrons. The Morgan fingerprint density at radius 1 is 1.41 bits per heavy atom. The van der Waals surface area contributed by atoms with Crippen LogP contribution in [0.15, 0.2) is 16.7 Å². The van der Waals surface area contributed by atoms with Gasteiger partial charge in [-0.05, 0) is 47.2 Å². The van der Waals surface area contributed by atoms with Crippen molar-refractivity contribution in [2.24, 2.45) is 13.0 Å². The standard InChI is InChI=1S/C13H19BrN2O/c1-10-4-3-6-16(7-5-10)13(17)12-8-11(14)9-15(12)2/h8-10H,3-7H2,1-2H3. The highest BCUT2D eigenvalue weighted by molar-refractivity contribution is 9.10. The van der Waals surface area contributed by atoms with Crippen molar-refractivity contribution in [3.63, 3.8) is 0 Å². The Bertz CT molecular complexity index is 414. The lowest BCUT2D eigenvalue weighted by Gasteiger charge is -2.20. The molecular weight excluding hydrogens is 280 g/mol. The minimum Gasteiger partial charge on any atom is -0.345 e. The summed E-state index contributed by atoms with van der Waals surface area (Å²) in [7, 11) is 1.92. The molecule has 1 unspecified atom stereocenters. The predicted molar refractivity (Wildman–Crippen MR) is 72.0 cm³/mol. The zero-order valence-electron chi connectivity index (χ0n) is 10.4. The summed E-state index contributed by atoms with van der Waals surface area (Å²) >= 11 is 3.41. The summed E-state index contributed by atoms with van der Waals surface area (Å²) in [6.45, 7) is 4.06. The molecule has 1 aliphatic heterocycles. The smallest absolute Gasteiger partial charge is 0.270 e. The zero-order valence-corrected chi connectivity index (χ0v) is 12.0. The molecule has 2 rings (SSSR count). The van der Waals surface area contributed by atoms with Gasteiger partial charge in [0.1, 0.15) is 5.69 Å². The van der Waals surface area contributed by atoms with Gasteiger partial charge in [0.15, 0.2) is 0 Å². The summed E-state index contributed by atoms with van der Waals surface area (Å²) < 4.78 is 2.85. The number of halogens is 1. The van der Waals surface area contributed by atoms with Crippen molar-refractivity contribution in [2.45, 2.75) is 26.2 Å². The first-order valence-electron chi connectivity index (χ1n) is 6.19. The molecule has 1 amide bonds. The van der Waals surface area contributed by atoms with Crippen molar-refractivity contribution in [1.82, 2.24) is 9.47 Å². The molecule has 0 N–H and O–H groups in total. The molecule has 0 radical (unpaired) electrons. The highest BCUT2D eigenvalue weighted by Crippen LogP contribution is 2.20. The minimum atomic E-state index is 0.160. The molecule has 1 saturated heterocycles. The number of aromatic nitrogens is 1. The Morgan fingerprint density at radius 3 is 2.82 bits per heavy atom. The molecule has 1 atom stereocenters. The summed E-state index contributed by atoms with van der Waals surface area (Å²) in [5.74, 6) is 0.903. The maximum absolute atomic E-state index is 12.4. The zero-order chi connectivity index (χ0) is 12.4. The van der Waals surface area contributed by atoms with Gasteiger partial charge in [0.2, 0.25) is 0 Å². The van der Waals surface area contributed by atoms with E-state index in [0.29, 0.717) is 0 Å². The van der Waals surface area contributed by atoms with Gasteiger partial charge in [-0.2, -0.15) is 0 Å². The molecule has 1 fully saturated rings. The SMILES string of the molecule is CC1CCCN(C(=O)c2cc(Br)cn2C)CC1. The van der Waals surface area contributed by atoms with Gasteiger partial charge in [-0.25, -0.2) is 0 Å². The molecular formula is C13H19BrN2O. The fourth-order valence-electron chi connectivity index (χ4n) is 2.36. The summed E-state index contributed by atoms with van der Waals surface area (Å²) in [4.78, 5) is 14.4. The number of carbonyl (C=O) groups is 1.